The average Bonchev–Trinajstić information content (AvgIpc) is 2.86. The molecule has 2 rings (SSSR count). The van der Waals surface area contributed by atoms with Crippen LogP contribution in [0.1, 0.15) is 10.5 Å². The van der Waals surface area contributed by atoms with Crippen LogP contribution in [-0.4, -0.2) is 48.3 Å². The summed E-state index contributed by atoms with van der Waals surface area (Å²) >= 11 is 0. The van der Waals surface area contributed by atoms with Gasteiger partial charge in [-0.1, -0.05) is 19.6 Å². The van der Waals surface area contributed by atoms with Crippen LogP contribution in [0.3, 0.4) is 0 Å². The van der Waals surface area contributed by atoms with Crippen LogP contribution >= 0.6 is 0 Å². The van der Waals surface area contributed by atoms with Gasteiger partial charge in [0, 0.05) is 26.1 Å². The topological polar surface area (TPSA) is 73.6 Å². The van der Waals surface area contributed by atoms with Gasteiger partial charge >= 0.3 is 12.1 Å². The number of benzene rings is 1. The Morgan fingerprint density at radius 3 is 2.58 bits per heavy atom. The molecular weight excluding hydrogens is 369 g/mol. The second-order valence-electron chi connectivity index (χ2n) is 7.08. The van der Waals surface area contributed by atoms with Gasteiger partial charge in [-0.2, -0.15) is 18.3 Å². The molecule has 0 aliphatic heterocycles. The minimum atomic E-state index is -4.46. The number of carbonyl (C=O) groups is 1. The highest BCUT2D eigenvalue weighted by Gasteiger charge is 2.28. The van der Waals surface area contributed by atoms with Crippen molar-refractivity contribution >= 4 is 24.9 Å². The Balaban J connectivity index is 2.22. The SMILES string of the molecule is C[Si](C)(C)CCOCn1nc(C(=O)O)c2ccc(OCC(F)(F)F)cc21. The molecule has 0 saturated carbocycles. The first-order valence-electron chi connectivity index (χ1n) is 7.97. The molecule has 0 spiro atoms. The summed E-state index contributed by atoms with van der Waals surface area (Å²) in [6.07, 6.45) is -4.46. The molecule has 0 amide bonds. The van der Waals surface area contributed by atoms with Gasteiger partial charge in [0.15, 0.2) is 12.3 Å². The quantitative estimate of drug-likeness (QED) is 0.545. The lowest BCUT2D eigenvalue weighted by atomic mass is 10.2. The lowest BCUT2D eigenvalue weighted by Crippen LogP contribution is -2.22. The van der Waals surface area contributed by atoms with E-state index in [0.29, 0.717) is 17.5 Å². The minimum Gasteiger partial charge on any atom is -0.484 e. The fraction of sp³-hybridized carbons (Fsp3) is 0.500. The van der Waals surface area contributed by atoms with E-state index in [4.69, 9.17) is 9.47 Å². The van der Waals surface area contributed by atoms with Crippen molar-refractivity contribution < 1.29 is 32.5 Å². The summed E-state index contributed by atoms with van der Waals surface area (Å²) in [5.41, 5.74) is 0.159. The molecule has 0 radical (unpaired) electrons. The lowest BCUT2D eigenvalue weighted by Gasteiger charge is -2.15. The molecule has 0 saturated heterocycles. The number of aromatic nitrogens is 2. The fourth-order valence-corrected chi connectivity index (χ4v) is 2.95. The number of rotatable bonds is 8. The van der Waals surface area contributed by atoms with E-state index in [1.807, 2.05) is 0 Å². The highest BCUT2D eigenvalue weighted by Crippen LogP contribution is 2.26. The Labute approximate surface area is 149 Å². The van der Waals surface area contributed by atoms with Crippen molar-refractivity contribution in [3.63, 3.8) is 0 Å². The first-order valence-corrected chi connectivity index (χ1v) is 11.7. The number of aromatic carboxylic acids is 1. The van der Waals surface area contributed by atoms with Gasteiger partial charge in [0.2, 0.25) is 0 Å². The zero-order chi connectivity index (χ0) is 19.5. The molecule has 1 N–H and O–H groups in total. The third-order valence-corrected chi connectivity index (χ3v) is 5.24. The van der Waals surface area contributed by atoms with E-state index in [0.717, 1.165) is 6.04 Å². The number of carboxylic acid groups (broad SMARTS) is 1. The van der Waals surface area contributed by atoms with E-state index in [1.165, 1.54) is 22.9 Å². The summed E-state index contributed by atoms with van der Waals surface area (Å²) in [5, 5.41) is 13.6. The highest BCUT2D eigenvalue weighted by atomic mass is 28.3. The van der Waals surface area contributed by atoms with E-state index in [1.54, 1.807) is 0 Å². The number of alkyl halides is 3. The van der Waals surface area contributed by atoms with Crippen LogP contribution in [0.25, 0.3) is 10.9 Å². The van der Waals surface area contributed by atoms with Gasteiger partial charge < -0.3 is 14.6 Å². The normalized spacial score (nSPS) is 12.5. The zero-order valence-electron chi connectivity index (χ0n) is 14.8. The lowest BCUT2D eigenvalue weighted by molar-refractivity contribution is -0.153. The Kier molecular flexibility index (Phi) is 5.97. The van der Waals surface area contributed by atoms with Crippen molar-refractivity contribution in [1.29, 1.82) is 0 Å². The number of hydrogen-bond donors (Lipinski definition) is 1. The van der Waals surface area contributed by atoms with Gasteiger partial charge in [0.05, 0.1) is 5.52 Å². The molecule has 0 bridgehead atoms. The summed E-state index contributed by atoms with van der Waals surface area (Å²) in [7, 11) is -1.27. The molecule has 10 heteroatoms. The molecule has 0 fully saturated rings. The molecule has 26 heavy (non-hydrogen) atoms. The summed E-state index contributed by atoms with van der Waals surface area (Å²) in [6.45, 7) is 5.69. The molecule has 0 aliphatic rings. The zero-order valence-corrected chi connectivity index (χ0v) is 15.8. The number of carboxylic acids is 1. The fourth-order valence-electron chi connectivity index (χ4n) is 2.19. The van der Waals surface area contributed by atoms with Crippen molar-refractivity contribution in [3.05, 3.63) is 23.9 Å². The number of fused-ring (bicyclic) bond motifs is 1. The van der Waals surface area contributed by atoms with Crippen molar-refractivity contribution in [2.75, 3.05) is 13.2 Å². The molecule has 0 unspecified atom stereocenters. The van der Waals surface area contributed by atoms with E-state index < -0.39 is 26.8 Å². The summed E-state index contributed by atoms with van der Waals surface area (Å²) in [6, 6.07) is 4.94. The minimum absolute atomic E-state index is 0.0109. The van der Waals surface area contributed by atoms with Gasteiger partial charge in [-0.3, -0.25) is 0 Å². The van der Waals surface area contributed by atoms with Crippen LogP contribution in [0.4, 0.5) is 13.2 Å². The molecule has 0 aliphatic carbocycles. The molecule has 0 atom stereocenters. The maximum atomic E-state index is 12.3. The Morgan fingerprint density at radius 1 is 1.31 bits per heavy atom. The van der Waals surface area contributed by atoms with Crippen LogP contribution in [0.2, 0.25) is 25.7 Å². The smallest absolute Gasteiger partial charge is 0.422 e. The van der Waals surface area contributed by atoms with Crippen LogP contribution < -0.4 is 4.74 Å². The third kappa shape index (κ3) is 5.73. The van der Waals surface area contributed by atoms with Crippen molar-refractivity contribution in [3.8, 4) is 5.75 Å². The third-order valence-electron chi connectivity index (χ3n) is 3.54. The molecule has 1 aromatic heterocycles. The standard InChI is InChI=1S/C16H21F3N2O4Si/c1-26(2,3)7-6-24-10-21-13-8-11(25-9-16(17,18)19)4-5-12(13)14(20-21)15(22)23/h4-5,8H,6-7,9-10H2,1-3H3,(H,22,23). The largest absolute Gasteiger partial charge is 0.484 e. The predicted octanol–water partition coefficient (Wildman–Crippen LogP) is 3.99. The van der Waals surface area contributed by atoms with Crippen LogP contribution in [0.15, 0.2) is 18.2 Å². The summed E-state index contributed by atoms with van der Waals surface area (Å²) in [4.78, 5) is 11.3. The van der Waals surface area contributed by atoms with Gasteiger partial charge in [0.25, 0.3) is 0 Å². The Hall–Kier alpha value is -2.07. The van der Waals surface area contributed by atoms with Crippen molar-refractivity contribution in [2.24, 2.45) is 0 Å². The van der Waals surface area contributed by atoms with E-state index >= 15 is 0 Å². The average molecular weight is 390 g/mol. The molecular formula is C16H21F3N2O4Si. The maximum Gasteiger partial charge on any atom is 0.422 e. The molecule has 1 heterocycles. The first kappa shape index (κ1) is 20.2. The number of hydrogen-bond acceptors (Lipinski definition) is 4. The van der Waals surface area contributed by atoms with E-state index in [-0.39, 0.29) is 18.2 Å². The predicted molar refractivity (Wildman–Crippen MR) is 92.3 cm³/mol. The van der Waals surface area contributed by atoms with E-state index in [2.05, 4.69) is 24.7 Å². The molecule has 144 valence electrons. The van der Waals surface area contributed by atoms with Crippen LogP contribution in [0.5, 0.6) is 5.75 Å². The maximum absolute atomic E-state index is 12.3. The van der Waals surface area contributed by atoms with Gasteiger partial charge in [-0.15, -0.1) is 0 Å². The van der Waals surface area contributed by atoms with Gasteiger partial charge in [-0.25, -0.2) is 9.48 Å². The molecule has 1 aromatic carbocycles. The summed E-state index contributed by atoms with van der Waals surface area (Å²) < 4.78 is 48.5. The molecule has 6 nitrogen and oxygen atoms in total. The van der Waals surface area contributed by atoms with Crippen LogP contribution in [0, 0.1) is 0 Å². The van der Waals surface area contributed by atoms with Gasteiger partial charge in [0.1, 0.15) is 12.5 Å². The first-order chi connectivity index (χ1) is 12.0. The number of ether oxygens (including phenoxy) is 2. The Morgan fingerprint density at radius 2 is 2.00 bits per heavy atom. The van der Waals surface area contributed by atoms with E-state index in [9.17, 15) is 23.1 Å². The van der Waals surface area contributed by atoms with Gasteiger partial charge in [-0.05, 0) is 18.2 Å². The van der Waals surface area contributed by atoms with Crippen molar-refractivity contribution in [2.45, 2.75) is 38.6 Å². The summed E-state index contributed by atoms with van der Waals surface area (Å²) in [5.74, 6) is -1.24. The van der Waals surface area contributed by atoms with Crippen molar-refractivity contribution in [1.82, 2.24) is 9.78 Å². The highest BCUT2D eigenvalue weighted by molar-refractivity contribution is 6.76. The molecule has 2 aromatic rings. The second kappa shape index (κ2) is 7.66. The Bertz CT molecular complexity index is 784. The number of nitrogens with zero attached hydrogens (tertiary/aromatic N) is 2. The number of halogens is 3. The second-order valence-corrected chi connectivity index (χ2v) is 12.7. The van der Waals surface area contributed by atoms with Crippen LogP contribution in [-0.2, 0) is 11.5 Å². The monoisotopic (exact) mass is 390 g/mol.